The van der Waals surface area contributed by atoms with E-state index in [2.05, 4.69) is 115 Å². The third kappa shape index (κ3) is 8.02. The molecule has 0 amide bonds. The van der Waals surface area contributed by atoms with Crippen LogP contribution in [0.1, 0.15) is 0 Å². The number of hydrogen-bond acceptors (Lipinski definition) is 0. The standard InChI is InChI=1S/2C11H21Si2.4ClH.U/c2*1-12(2,3)10-7-8-11(9-10)13(4,5)6;;;;;/h2*7-9H,1-6H3;4*1H;/q;;;;;;+4/p-4. The van der Waals surface area contributed by atoms with Gasteiger partial charge in [-0.15, -0.1) is 0 Å². The summed E-state index contributed by atoms with van der Waals surface area (Å²) in [7, 11) is -5.16. The van der Waals surface area contributed by atoms with Gasteiger partial charge in [0.05, 0.1) is 0 Å². The fourth-order valence-electron chi connectivity index (χ4n) is 3.86. The van der Waals surface area contributed by atoms with Gasteiger partial charge < -0.3 is 49.6 Å². The molecule has 0 heterocycles. The smallest absolute Gasteiger partial charge is 1.00 e. The minimum absolute atomic E-state index is 0. The summed E-state index contributed by atoms with van der Waals surface area (Å²) in [4.78, 5) is 0. The van der Waals surface area contributed by atoms with Crippen LogP contribution in [0.4, 0.5) is 0 Å². The topological polar surface area (TPSA) is 0 Å². The van der Waals surface area contributed by atoms with Crippen LogP contribution in [0.2, 0.25) is 82.7 Å². The number of rotatable bonds is 6. The Bertz CT molecular complexity index is 673. The van der Waals surface area contributed by atoms with Crippen LogP contribution in [0.25, 0.3) is 0 Å². The molecule has 0 nitrogen and oxygen atoms in total. The molecule has 0 bridgehead atoms. The molecular formula is C22H42Cl4Si4U. The maximum Gasteiger partial charge on any atom is -1.00 e. The molecule has 31 heavy (non-hydrogen) atoms. The molecule has 9 heteroatoms. The van der Waals surface area contributed by atoms with Crippen molar-refractivity contribution in [2.45, 2.75) is 82.7 Å². The zero-order valence-corrected chi connectivity index (χ0v) is 32.7. The summed E-state index contributed by atoms with van der Waals surface area (Å²) >= 11 is -1.25. The molecule has 2 atom stereocenters. The van der Waals surface area contributed by atoms with E-state index in [1.165, 1.54) is 0 Å². The number of halogens is 4. The van der Waals surface area contributed by atoms with Crippen LogP contribution in [0.3, 0.4) is 0 Å². The maximum absolute atomic E-state index is 2.84. The second kappa shape index (κ2) is 11.8. The average molecular weight is 799 g/mol. The van der Waals surface area contributed by atoms with Gasteiger partial charge in [0.25, 0.3) is 0 Å². The molecule has 0 aromatic heterocycles. The molecule has 0 N–H and O–H groups in total. The monoisotopic (exact) mass is 796 g/mol. The Kier molecular flexibility index (Phi) is 14.4. The Morgan fingerprint density at radius 3 is 0.935 bits per heavy atom. The summed E-state index contributed by atoms with van der Waals surface area (Å²) in [6.45, 7) is 30.9. The van der Waals surface area contributed by atoms with E-state index < -0.39 is 60.0 Å². The van der Waals surface area contributed by atoms with Crippen LogP contribution in [-0.2, 0) is 0 Å². The van der Waals surface area contributed by atoms with Crippen molar-refractivity contribution in [1.29, 1.82) is 0 Å². The van der Waals surface area contributed by atoms with Crippen molar-refractivity contribution in [2.75, 3.05) is 0 Å². The van der Waals surface area contributed by atoms with Gasteiger partial charge in [0.15, 0.2) is 0 Å². The SMILES string of the molecule is C[Si](C)(C)C1=C[C]([U+4][C]2([Si](C)(C)C)C=CC([Si](C)(C)C)=C2)([Si](C)(C)C)C=C1.[Cl-].[Cl-].[Cl-].[Cl-]. The van der Waals surface area contributed by atoms with E-state index in [-0.39, 0.29) is 49.6 Å². The molecule has 0 saturated heterocycles. The molecule has 2 aliphatic carbocycles. The normalized spacial score (nSPS) is 25.3. The Morgan fingerprint density at radius 1 is 0.516 bits per heavy atom. The molecule has 0 radical (unpaired) electrons. The quantitative estimate of drug-likeness (QED) is 0.240. The predicted octanol–water partition coefficient (Wildman–Crippen LogP) is -4.09. The Hall–Kier alpha value is 2.04. The molecule has 0 aliphatic heterocycles. The van der Waals surface area contributed by atoms with Crippen molar-refractivity contribution < 1.29 is 77.4 Å². The fourth-order valence-corrected chi connectivity index (χ4v) is 31.5. The van der Waals surface area contributed by atoms with E-state index in [1.807, 2.05) is 0 Å². The van der Waals surface area contributed by atoms with Crippen molar-refractivity contribution in [3.63, 3.8) is 0 Å². The molecule has 2 aliphatic rings. The van der Waals surface area contributed by atoms with Gasteiger partial charge in [-0.3, -0.25) is 0 Å². The Morgan fingerprint density at radius 2 is 0.774 bits per heavy atom. The van der Waals surface area contributed by atoms with Crippen molar-refractivity contribution in [2.24, 2.45) is 0 Å². The molecule has 2 unspecified atom stereocenters. The van der Waals surface area contributed by atoms with E-state index in [4.69, 9.17) is 0 Å². The fraction of sp³-hybridized carbons (Fsp3) is 0.636. The van der Waals surface area contributed by atoms with Gasteiger partial charge in [0, 0.05) is 0 Å². The first-order valence-electron chi connectivity index (χ1n) is 10.5. The molecule has 0 aromatic carbocycles. The predicted molar refractivity (Wildman–Crippen MR) is 133 cm³/mol. The van der Waals surface area contributed by atoms with Crippen molar-refractivity contribution in [1.82, 2.24) is 0 Å². The van der Waals surface area contributed by atoms with Gasteiger partial charge in [-0.25, -0.2) is 0 Å². The summed E-state index contributed by atoms with van der Waals surface area (Å²) in [5.74, 6) is 0. The van der Waals surface area contributed by atoms with Crippen LogP contribution in [0, 0.1) is 27.7 Å². The second-order valence-electron chi connectivity index (χ2n) is 12.7. The zero-order valence-electron chi connectivity index (χ0n) is 21.5. The molecule has 2 rings (SSSR count). The van der Waals surface area contributed by atoms with Crippen molar-refractivity contribution in [3.05, 3.63) is 46.8 Å². The van der Waals surface area contributed by atoms with Gasteiger partial charge in [-0.2, -0.15) is 0 Å². The van der Waals surface area contributed by atoms with Crippen molar-refractivity contribution >= 4 is 32.3 Å². The summed E-state index contributed by atoms with van der Waals surface area (Å²) in [6, 6.07) is 0. The van der Waals surface area contributed by atoms with E-state index in [9.17, 15) is 0 Å². The summed E-state index contributed by atoms with van der Waals surface area (Å²) < 4.78 is 0.999. The first-order valence-corrected chi connectivity index (χ1v) is 28.6. The average Bonchev–Trinajstić information content (AvgIpc) is 3.02. The van der Waals surface area contributed by atoms with E-state index in [0.29, 0.717) is 4.14 Å². The largest absolute Gasteiger partial charge is 1.00 e. The van der Waals surface area contributed by atoms with Crippen LogP contribution >= 0.6 is 0 Å². The van der Waals surface area contributed by atoms with E-state index in [1.54, 1.807) is 10.4 Å². The minimum atomic E-state index is -1.33. The Labute approximate surface area is 236 Å². The first kappa shape index (κ1) is 37.6. The van der Waals surface area contributed by atoms with Crippen LogP contribution in [0.5, 0.6) is 0 Å². The van der Waals surface area contributed by atoms with Gasteiger partial charge >= 0.3 is 190 Å². The van der Waals surface area contributed by atoms with Crippen LogP contribution < -0.4 is 49.6 Å². The molecule has 178 valence electrons. The van der Waals surface area contributed by atoms with Gasteiger partial charge in [0.2, 0.25) is 0 Å². The molecular weight excluding hydrogens is 756 g/mol. The van der Waals surface area contributed by atoms with E-state index >= 15 is 0 Å². The third-order valence-corrected chi connectivity index (χ3v) is 43.2. The van der Waals surface area contributed by atoms with Crippen molar-refractivity contribution in [3.8, 4) is 0 Å². The number of allylic oxidation sites excluding steroid dienone is 8. The minimum Gasteiger partial charge on any atom is -1.00 e. The van der Waals surface area contributed by atoms with E-state index in [0.717, 1.165) is 0 Å². The number of hydrogen-bond donors (Lipinski definition) is 0. The first-order chi connectivity index (χ1) is 11.8. The van der Waals surface area contributed by atoms with Gasteiger partial charge in [-0.1, -0.05) is 0 Å². The summed E-state index contributed by atoms with van der Waals surface area (Å²) in [5.41, 5.74) is 0. The molecule has 0 spiro atoms. The molecule has 0 fully saturated rings. The molecule has 0 aromatic rings. The summed E-state index contributed by atoms with van der Waals surface area (Å²) in [5, 5.41) is 3.45. The zero-order chi connectivity index (χ0) is 21.1. The molecule has 0 saturated carbocycles. The second-order valence-corrected chi connectivity index (χ2v) is 45.6. The van der Waals surface area contributed by atoms with Crippen LogP contribution in [-0.4, -0.2) is 32.3 Å². The Balaban J connectivity index is -0.00000196. The maximum atomic E-state index is 2.84. The van der Waals surface area contributed by atoms with Gasteiger partial charge in [-0.05, 0) is 0 Å². The third-order valence-electron chi connectivity index (χ3n) is 6.45. The van der Waals surface area contributed by atoms with Gasteiger partial charge in [0.1, 0.15) is 0 Å². The van der Waals surface area contributed by atoms with Crippen LogP contribution in [0.15, 0.2) is 46.8 Å². The summed E-state index contributed by atoms with van der Waals surface area (Å²) in [6.07, 6.45) is 16.3.